The molecule has 0 bridgehead atoms. The molecule has 3 aromatic rings. The van der Waals surface area contributed by atoms with Crippen LogP contribution in [-0.2, 0) is 0 Å². The summed E-state index contributed by atoms with van der Waals surface area (Å²) in [5, 5.41) is 5.26. The van der Waals surface area contributed by atoms with Crippen LogP contribution in [0.15, 0.2) is 30.3 Å². The van der Waals surface area contributed by atoms with Gasteiger partial charge in [-0.15, -0.1) is 0 Å². The average molecular weight is 280 g/mol. The van der Waals surface area contributed by atoms with Gasteiger partial charge in [0.05, 0.1) is 10.0 Å². The van der Waals surface area contributed by atoms with Gasteiger partial charge in [0.25, 0.3) is 0 Å². The van der Waals surface area contributed by atoms with Gasteiger partial charge in [0.1, 0.15) is 0 Å². The highest BCUT2D eigenvalue weighted by Gasteiger charge is 2.10. The van der Waals surface area contributed by atoms with Crippen LogP contribution in [0, 0.1) is 12.1 Å². The van der Waals surface area contributed by atoms with Gasteiger partial charge in [-0.3, -0.25) is 0 Å². The summed E-state index contributed by atoms with van der Waals surface area (Å²) < 4.78 is 0. The van der Waals surface area contributed by atoms with E-state index in [9.17, 15) is 0 Å². The predicted octanol–water partition coefficient (Wildman–Crippen LogP) is 5.55. The van der Waals surface area contributed by atoms with Crippen molar-refractivity contribution in [3.63, 3.8) is 0 Å². The molecule has 82 valence electrons. The van der Waals surface area contributed by atoms with E-state index in [0.717, 1.165) is 21.5 Å². The van der Waals surface area contributed by atoms with Crippen LogP contribution in [0.1, 0.15) is 0 Å². The molecule has 0 nitrogen and oxygen atoms in total. The van der Waals surface area contributed by atoms with E-state index in [1.54, 1.807) is 6.07 Å². The van der Waals surface area contributed by atoms with Gasteiger partial charge in [-0.1, -0.05) is 46.9 Å². The van der Waals surface area contributed by atoms with E-state index in [4.69, 9.17) is 34.8 Å². The number of hydrogen-bond donors (Lipinski definition) is 0. The van der Waals surface area contributed by atoms with Gasteiger partial charge in [0.2, 0.25) is 0 Å². The highest BCUT2D eigenvalue weighted by atomic mass is 35.5. The first-order chi connectivity index (χ1) is 8.18. The molecule has 0 spiro atoms. The van der Waals surface area contributed by atoms with Gasteiger partial charge in [-0.2, -0.15) is 0 Å². The van der Waals surface area contributed by atoms with Crippen molar-refractivity contribution in [2.45, 2.75) is 0 Å². The van der Waals surface area contributed by atoms with Gasteiger partial charge in [-0.25, -0.2) is 0 Å². The molecular weight excluding hydrogens is 275 g/mol. The first-order valence-electron chi connectivity index (χ1n) is 4.96. The van der Waals surface area contributed by atoms with E-state index in [2.05, 4.69) is 12.1 Å². The summed E-state index contributed by atoms with van der Waals surface area (Å²) in [4.78, 5) is 0. The van der Waals surface area contributed by atoms with Crippen LogP contribution in [0.25, 0.3) is 21.5 Å². The lowest BCUT2D eigenvalue weighted by molar-refractivity contribution is 1.74. The number of rotatable bonds is 0. The Bertz CT molecular complexity index is 732. The third-order valence-corrected chi connectivity index (χ3v) is 3.79. The average Bonchev–Trinajstić information content (AvgIpc) is 2.34. The van der Waals surface area contributed by atoms with Gasteiger partial charge in [0.15, 0.2) is 0 Å². The molecule has 3 aromatic carbocycles. The van der Waals surface area contributed by atoms with E-state index >= 15 is 0 Å². The summed E-state index contributed by atoms with van der Waals surface area (Å²) >= 11 is 18.5. The van der Waals surface area contributed by atoms with Crippen molar-refractivity contribution in [2.75, 3.05) is 0 Å². The molecule has 3 rings (SSSR count). The zero-order chi connectivity index (χ0) is 12.0. The molecule has 0 aliphatic carbocycles. The number of benzene rings is 3. The lowest BCUT2D eigenvalue weighted by Gasteiger charge is -2.08. The molecule has 0 fully saturated rings. The molecule has 0 saturated heterocycles. The molecule has 0 heterocycles. The van der Waals surface area contributed by atoms with Crippen LogP contribution in [-0.4, -0.2) is 0 Å². The van der Waals surface area contributed by atoms with Crippen LogP contribution in [0.5, 0.6) is 0 Å². The summed E-state index contributed by atoms with van der Waals surface area (Å²) in [5.41, 5.74) is 0. The lowest BCUT2D eigenvalue weighted by Crippen LogP contribution is -1.81. The fraction of sp³-hybridized carbons (Fsp3) is 0. The van der Waals surface area contributed by atoms with Crippen LogP contribution < -0.4 is 0 Å². The van der Waals surface area contributed by atoms with E-state index in [0.29, 0.717) is 15.1 Å². The SMILES string of the molecule is Clc1[c]cc2ccc3c[c]cc(Cl)c3c2c1Cl. The Balaban J connectivity index is 2.67. The lowest BCUT2D eigenvalue weighted by atomic mass is 10.0. The maximum Gasteiger partial charge on any atom is 0.0683 e. The first-order valence-corrected chi connectivity index (χ1v) is 6.09. The third kappa shape index (κ3) is 1.68. The van der Waals surface area contributed by atoms with Crippen LogP contribution >= 0.6 is 34.8 Å². The zero-order valence-corrected chi connectivity index (χ0v) is 10.8. The molecule has 0 aliphatic heterocycles. The Labute approximate surface area is 114 Å². The summed E-state index contributed by atoms with van der Waals surface area (Å²) in [7, 11) is 0. The minimum Gasteiger partial charge on any atom is -0.0836 e. The second kappa shape index (κ2) is 4.06. The van der Waals surface area contributed by atoms with Crippen LogP contribution in [0.2, 0.25) is 15.1 Å². The second-order valence-electron chi connectivity index (χ2n) is 3.71. The molecule has 0 aliphatic rings. The minimum atomic E-state index is 0.413. The first kappa shape index (κ1) is 11.2. The van der Waals surface area contributed by atoms with Crippen molar-refractivity contribution in [3.8, 4) is 0 Å². The Hall–Kier alpha value is -0.950. The van der Waals surface area contributed by atoms with Crippen molar-refractivity contribution in [1.82, 2.24) is 0 Å². The normalized spacial score (nSPS) is 11.2. The monoisotopic (exact) mass is 278 g/mol. The van der Waals surface area contributed by atoms with Gasteiger partial charge in [-0.05, 0) is 35.0 Å². The summed E-state index contributed by atoms with van der Waals surface area (Å²) in [6, 6.07) is 15.3. The van der Waals surface area contributed by atoms with Crippen molar-refractivity contribution in [3.05, 3.63) is 57.5 Å². The smallest absolute Gasteiger partial charge is 0.0683 e. The number of fused-ring (bicyclic) bond motifs is 3. The Morgan fingerprint density at radius 2 is 1.53 bits per heavy atom. The highest BCUT2D eigenvalue weighted by Crippen LogP contribution is 2.38. The summed E-state index contributed by atoms with van der Waals surface area (Å²) in [6.45, 7) is 0. The fourth-order valence-electron chi connectivity index (χ4n) is 1.96. The minimum absolute atomic E-state index is 0.413. The summed E-state index contributed by atoms with van der Waals surface area (Å²) in [6.07, 6.45) is 0. The van der Waals surface area contributed by atoms with Gasteiger partial charge >= 0.3 is 0 Å². The van der Waals surface area contributed by atoms with E-state index in [1.807, 2.05) is 24.3 Å². The number of halogens is 3. The Kier molecular flexibility index (Phi) is 2.67. The number of hydrogen-bond acceptors (Lipinski definition) is 0. The molecule has 0 unspecified atom stereocenters. The maximum absolute atomic E-state index is 6.24. The molecule has 0 amide bonds. The van der Waals surface area contributed by atoms with E-state index in [1.165, 1.54) is 0 Å². The summed E-state index contributed by atoms with van der Waals surface area (Å²) in [5.74, 6) is 0. The van der Waals surface area contributed by atoms with Gasteiger partial charge < -0.3 is 0 Å². The quantitative estimate of drug-likeness (QED) is 0.473. The van der Waals surface area contributed by atoms with Crippen molar-refractivity contribution >= 4 is 56.3 Å². The third-order valence-electron chi connectivity index (χ3n) is 2.72. The molecular formula is C14H5Cl3. The molecule has 0 saturated carbocycles. The van der Waals surface area contributed by atoms with E-state index in [-0.39, 0.29) is 0 Å². The Morgan fingerprint density at radius 1 is 0.824 bits per heavy atom. The molecule has 0 aromatic heterocycles. The van der Waals surface area contributed by atoms with E-state index < -0.39 is 0 Å². The molecule has 2 radical (unpaired) electrons. The van der Waals surface area contributed by atoms with Crippen molar-refractivity contribution in [1.29, 1.82) is 0 Å². The maximum atomic E-state index is 6.24. The molecule has 0 N–H and O–H groups in total. The standard InChI is InChI=1S/C14H5Cl3/c15-10-3-1-2-8-4-5-9-6-7-11(16)14(17)13(9)12(8)10/h2-6H. The topological polar surface area (TPSA) is 0 Å². The highest BCUT2D eigenvalue weighted by molar-refractivity contribution is 6.48. The predicted molar refractivity (Wildman–Crippen MR) is 74.2 cm³/mol. The van der Waals surface area contributed by atoms with Crippen LogP contribution in [0.3, 0.4) is 0 Å². The largest absolute Gasteiger partial charge is 0.0836 e. The molecule has 3 heteroatoms. The zero-order valence-electron chi connectivity index (χ0n) is 8.52. The molecule has 0 atom stereocenters. The van der Waals surface area contributed by atoms with Gasteiger partial charge in [0, 0.05) is 21.9 Å². The van der Waals surface area contributed by atoms with Crippen molar-refractivity contribution in [2.24, 2.45) is 0 Å². The fourth-order valence-corrected chi connectivity index (χ4v) is 2.63. The molecule has 17 heavy (non-hydrogen) atoms. The van der Waals surface area contributed by atoms with Crippen molar-refractivity contribution < 1.29 is 0 Å². The Morgan fingerprint density at radius 3 is 2.29 bits per heavy atom. The van der Waals surface area contributed by atoms with Crippen LogP contribution in [0.4, 0.5) is 0 Å². The second-order valence-corrected chi connectivity index (χ2v) is 4.88.